The van der Waals surface area contributed by atoms with Crippen LogP contribution in [0.2, 0.25) is 5.02 Å². The Hall–Kier alpha value is -1.90. The molecule has 0 saturated heterocycles. The molecule has 2 aromatic rings. The molecule has 0 aromatic heterocycles. The number of anilines is 1. The van der Waals surface area contributed by atoms with Crippen LogP contribution >= 0.6 is 19.5 Å². The van der Waals surface area contributed by atoms with E-state index in [1.54, 1.807) is 0 Å². The monoisotopic (exact) mass is 410 g/mol. The molecule has 6 nitrogen and oxygen atoms in total. The molecule has 0 aliphatic heterocycles. The maximum atomic E-state index is 12.7. The zero-order valence-electron chi connectivity index (χ0n) is 12.9. The van der Waals surface area contributed by atoms with Crippen molar-refractivity contribution in [1.82, 2.24) is 0 Å². The van der Waals surface area contributed by atoms with E-state index >= 15 is 0 Å². The number of nitrogens with one attached hydrogen (secondary N) is 1. The summed E-state index contributed by atoms with van der Waals surface area (Å²) >= 11 is 5.77. The van der Waals surface area contributed by atoms with Gasteiger partial charge in [0, 0.05) is 0 Å². The van der Waals surface area contributed by atoms with Gasteiger partial charge in [0.05, 0.1) is 16.3 Å². The number of carbonyl (C=O) groups excluding carboxylic acids is 1. The predicted octanol–water partition coefficient (Wildman–Crippen LogP) is 2.74. The molecule has 0 aliphatic carbocycles. The number of halogens is 4. The van der Waals surface area contributed by atoms with Crippen LogP contribution in [0, 0.1) is 0 Å². The fourth-order valence-corrected chi connectivity index (χ4v) is 2.84. The third kappa shape index (κ3) is 5.30. The number of hydrogen-bond acceptors (Lipinski definition) is 5. The summed E-state index contributed by atoms with van der Waals surface area (Å²) < 4.78 is 43.2. The van der Waals surface area contributed by atoms with Crippen molar-refractivity contribution in [2.24, 2.45) is 0 Å². The minimum Gasteiger partial charge on any atom is -0.479 e. The van der Waals surface area contributed by atoms with Crippen molar-refractivity contribution in [3.8, 4) is 5.75 Å². The molecule has 0 atom stereocenters. The number of hydrogen-bond donors (Lipinski definition) is 4. The molecule has 0 bridgehead atoms. The topological polar surface area (TPSA) is 99.0 Å². The fraction of sp³-hybridized carbons (Fsp3) is 0.133. The summed E-state index contributed by atoms with van der Waals surface area (Å²) in [6.07, 6.45) is -4.60. The molecule has 140 valence electrons. The lowest BCUT2D eigenvalue weighted by Crippen LogP contribution is -2.23. The van der Waals surface area contributed by atoms with E-state index in [0.29, 0.717) is 6.07 Å². The largest absolute Gasteiger partial charge is 0.479 e. The first-order valence-corrected chi connectivity index (χ1v) is 8.97. The second kappa shape index (κ2) is 7.77. The van der Waals surface area contributed by atoms with Crippen LogP contribution in [0.15, 0.2) is 42.5 Å². The predicted molar refractivity (Wildman–Crippen MR) is 90.2 cm³/mol. The maximum Gasteiger partial charge on any atom is 0.444 e. The van der Waals surface area contributed by atoms with E-state index < -0.39 is 32.2 Å². The Labute approximate surface area is 151 Å². The van der Waals surface area contributed by atoms with E-state index in [9.17, 15) is 32.6 Å². The van der Waals surface area contributed by atoms with Crippen molar-refractivity contribution < 1.29 is 37.4 Å². The Kier molecular flexibility index (Phi) is 6.10. The highest BCUT2D eigenvalue weighted by Crippen LogP contribution is 2.45. The van der Waals surface area contributed by atoms with Crippen LogP contribution in [0.5, 0.6) is 5.75 Å². The highest BCUT2D eigenvalue weighted by molar-refractivity contribution is 7.67. The van der Waals surface area contributed by atoms with Gasteiger partial charge < -0.3 is 10.1 Å². The van der Waals surface area contributed by atoms with Crippen molar-refractivity contribution in [2.45, 2.75) is 6.18 Å². The number of alkyl halides is 3. The van der Waals surface area contributed by atoms with Gasteiger partial charge in [-0.05, 0) is 30.3 Å². The summed E-state index contributed by atoms with van der Waals surface area (Å²) in [6.45, 7) is -0.663. The molecule has 26 heavy (non-hydrogen) atoms. The summed E-state index contributed by atoms with van der Waals surface area (Å²) in [6, 6.07) is 7.83. The van der Waals surface area contributed by atoms with Crippen LogP contribution in [-0.4, -0.2) is 27.2 Å². The molecule has 0 unspecified atom stereocenters. The smallest absolute Gasteiger partial charge is 0.444 e. The summed E-state index contributed by atoms with van der Waals surface area (Å²) in [7, 11) is -4.37. The number of carbonyl (C=O) groups is 1. The normalized spacial score (nSPS) is 12.0. The highest BCUT2D eigenvalue weighted by Gasteiger charge is 2.38. The van der Waals surface area contributed by atoms with E-state index in [4.69, 9.17) is 16.3 Å². The Balaban J connectivity index is 2.09. The van der Waals surface area contributed by atoms with Crippen LogP contribution in [0.4, 0.5) is 18.9 Å². The standard InChI is InChI=1S/C15H12ClF3NO5P/c16-10-6-5-9(15(17,18)19)7-11(10)20-14(21)8-25-12-3-1-2-4-13(12)26(22,23)24/h1-7,22-24H,8H2/p+1. The van der Waals surface area contributed by atoms with Crippen LogP contribution in [0.25, 0.3) is 0 Å². The van der Waals surface area contributed by atoms with E-state index in [1.807, 2.05) is 0 Å². The van der Waals surface area contributed by atoms with E-state index in [-0.39, 0.29) is 21.8 Å². The van der Waals surface area contributed by atoms with Gasteiger partial charge in [-0.2, -0.15) is 27.9 Å². The average Bonchev–Trinajstić information content (AvgIpc) is 2.53. The van der Waals surface area contributed by atoms with Gasteiger partial charge in [0.25, 0.3) is 5.91 Å². The molecule has 2 aromatic carbocycles. The molecule has 4 N–H and O–H groups in total. The molecule has 11 heteroatoms. The second-order valence-corrected chi connectivity index (χ2v) is 7.09. The van der Waals surface area contributed by atoms with Crippen LogP contribution in [-0.2, 0) is 11.0 Å². The minimum atomic E-state index is -4.60. The molecular formula is C15H13ClF3NO5P+. The highest BCUT2D eigenvalue weighted by atomic mass is 35.5. The summed E-state index contributed by atoms with van der Waals surface area (Å²) in [4.78, 5) is 39.9. The molecule has 0 heterocycles. The third-order valence-corrected chi connectivity index (χ3v) is 4.46. The van der Waals surface area contributed by atoms with Crippen LogP contribution in [0.1, 0.15) is 5.56 Å². The number of para-hydroxylation sites is 1. The van der Waals surface area contributed by atoms with Crippen molar-refractivity contribution in [2.75, 3.05) is 11.9 Å². The fourth-order valence-electron chi connectivity index (χ4n) is 1.95. The van der Waals surface area contributed by atoms with Crippen LogP contribution in [0.3, 0.4) is 0 Å². The van der Waals surface area contributed by atoms with Crippen molar-refractivity contribution in [3.05, 3.63) is 53.1 Å². The van der Waals surface area contributed by atoms with Gasteiger partial charge in [0.15, 0.2) is 12.4 Å². The molecule has 0 saturated carbocycles. The van der Waals surface area contributed by atoms with E-state index in [1.165, 1.54) is 24.3 Å². The molecule has 0 fully saturated rings. The molecule has 0 radical (unpaired) electrons. The SMILES string of the molecule is O=C(COc1ccccc1[P+](O)(O)O)Nc1cc(C(F)(F)F)ccc1Cl. The van der Waals surface area contributed by atoms with Crippen molar-refractivity contribution in [3.63, 3.8) is 0 Å². The Morgan fingerprint density at radius 3 is 2.42 bits per heavy atom. The number of amides is 1. The number of benzene rings is 2. The average molecular weight is 411 g/mol. The third-order valence-electron chi connectivity index (χ3n) is 3.12. The van der Waals surface area contributed by atoms with Gasteiger partial charge in [-0.1, -0.05) is 23.7 Å². The summed E-state index contributed by atoms with van der Waals surface area (Å²) in [5, 5.41) is 1.78. The number of ether oxygens (including phenoxy) is 1. The van der Waals surface area contributed by atoms with Gasteiger partial charge in [0.1, 0.15) is 0 Å². The van der Waals surface area contributed by atoms with Gasteiger partial charge in [0.2, 0.25) is 5.30 Å². The van der Waals surface area contributed by atoms with Crippen molar-refractivity contribution in [1.29, 1.82) is 0 Å². The minimum absolute atomic E-state index is 0.0993. The Bertz CT molecular complexity index is 811. The quantitative estimate of drug-likeness (QED) is 0.568. The lowest BCUT2D eigenvalue weighted by atomic mass is 10.2. The molecule has 1 amide bonds. The van der Waals surface area contributed by atoms with Crippen molar-refractivity contribution >= 4 is 36.4 Å². The Morgan fingerprint density at radius 1 is 1.15 bits per heavy atom. The summed E-state index contributed by atoms with van der Waals surface area (Å²) in [5.74, 6) is -0.989. The zero-order chi connectivity index (χ0) is 19.5. The lowest BCUT2D eigenvalue weighted by Gasteiger charge is -2.13. The van der Waals surface area contributed by atoms with Crippen LogP contribution < -0.4 is 15.4 Å². The maximum absolute atomic E-state index is 12.7. The molecule has 0 aliphatic rings. The van der Waals surface area contributed by atoms with Gasteiger partial charge >= 0.3 is 14.1 Å². The van der Waals surface area contributed by atoms with Gasteiger partial charge in [-0.3, -0.25) is 4.79 Å². The van der Waals surface area contributed by atoms with Gasteiger partial charge in [-0.15, -0.1) is 0 Å². The first-order valence-electron chi connectivity index (χ1n) is 6.95. The van der Waals surface area contributed by atoms with E-state index in [2.05, 4.69) is 5.32 Å². The zero-order valence-corrected chi connectivity index (χ0v) is 14.5. The Morgan fingerprint density at radius 2 is 1.81 bits per heavy atom. The molecule has 0 spiro atoms. The summed E-state index contributed by atoms with van der Waals surface area (Å²) in [5.41, 5.74) is -1.24. The molecular weight excluding hydrogens is 398 g/mol. The second-order valence-electron chi connectivity index (χ2n) is 5.07. The first kappa shape index (κ1) is 20.4. The van der Waals surface area contributed by atoms with E-state index in [0.717, 1.165) is 12.1 Å². The first-order chi connectivity index (χ1) is 12.0. The lowest BCUT2D eigenvalue weighted by molar-refractivity contribution is -0.137. The molecule has 2 rings (SSSR count). The van der Waals surface area contributed by atoms with Gasteiger partial charge in [-0.25, -0.2) is 0 Å². The number of rotatable bonds is 5.